The van der Waals surface area contributed by atoms with Crippen molar-refractivity contribution in [3.8, 4) is 0 Å². The summed E-state index contributed by atoms with van der Waals surface area (Å²) in [6, 6.07) is 0. The second-order valence-electron chi connectivity index (χ2n) is 9.00. The Bertz CT molecular complexity index is 401. The molecule has 3 heteroatoms. The van der Waals surface area contributed by atoms with Crippen LogP contribution in [0, 0.1) is 29.1 Å². The Hall–Kier alpha value is -0.570. The third kappa shape index (κ3) is 3.67. The summed E-state index contributed by atoms with van der Waals surface area (Å²) in [4.78, 5) is 12.3. The molecule has 3 nitrogen and oxygen atoms in total. The molecule has 2 aliphatic carbocycles. The number of carbonyl (C=O) groups excluding carboxylic acids is 1. The van der Waals surface area contributed by atoms with Crippen LogP contribution in [0.1, 0.15) is 65.7 Å². The molecule has 0 spiro atoms. The van der Waals surface area contributed by atoms with Gasteiger partial charge in [-0.15, -0.1) is 0 Å². The average Bonchev–Trinajstić information content (AvgIpc) is 3.07. The summed E-state index contributed by atoms with van der Waals surface area (Å²) in [6.45, 7) is 8.40. The highest BCUT2D eigenvalue weighted by Crippen LogP contribution is 2.49. The van der Waals surface area contributed by atoms with Gasteiger partial charge in [0, 0.05) is 25.5 Å². The van der Waals surface area contributed by atoms with Crippen molar-refractivity contribution in [1.82, 2.24) is 5.32 Å². The average molecular weight is 307 g/mol. The van der Waals surface area contributed by atoms with Gasteiger partial charge in [-0.2, -0.15) is 0 Å². The molecule has 0 radical (unpaired) electrons. The van der Waals surface area contributed by atoms with E-state index in [1.54, 1.807) is 0 Å². The van der Waals surface area contributed by atoms with Crippen molar-refractivity contribution >= 4 is 5.91 Å². The zero-order valence-corrected chi connectivity index (χ0v) is 14.6. The van der Waals surface area contributed by atoms with Crippen molar-refractivity contribution in [2.24, 2.45) is 29.1 Å². The molecular formula is C19H33NO2. The second-order valence-corrected chi connectivity index (χ2v) is 9.00. The zero-order valence-electron chi connectivity index (χ0n) is 14.6. The normalized spacial score (nSPS) is 38.2. The van der Waals surface area contributed by atoms with Crippen LogP contribution in [0.4, 0.5) is 0 Å². The monoisotopic (exact) mass is 307 g/mol. The first kappa shape index (κ1) is 16.3. The van der Waals surface area contributed by atoms with Crippen LogP contribution in [0.3, 0.4) is 0 Å². The minimum atomic E-state index is 0.153. The molecule has 1 N–H and O–H groups in total. The Morgan fingerprint density at radius 1 is 1.14 bits per heavy atom. The van der Waals surface area contributed by atoms with Gasteiger partial charge in [0.15, 0.2) is 0 Å². The van der Waals surface area contributed by atoms with E-state index in [0.717, 1.165) is 37.8 Å². The number of fused-ring (bicyclic) bond motifs is 2. The molecule has 0 aromatic heterocycles. The molecule has 3 aliphatic rings. The van der Waals surface area contributed by atoms with Gasteiger partial charge in [-0.1, -0.05) is 27.2 Å². The fraction of sp³-hybridized carbons (Fsp3) is 0.947. The Balaban J connectivity index is 1.45. The summed E-state index contributed by atoms with van der Waals surface area (Å²) < 4.78 is 6.01. The lowest BCUT2D eigenvalue weighted by Crippen LogP contribution is -2.45. The van der Waals surface area contributed by atoms with E-state index < -0.39 is 0 Å². The molecule has 126 valence electrons. The second kappa shape index (κ2) is 6.51. The van der Waals surface area contributed by atoms with E-state index in [-0.39, 0.29) is 17.4 Å². The maximum atomic E-state index is 12.3. The first-order valence-corrected chi connectivity index (χ1v) is 9.32. The highest BCUT2D eigenvalue weighted by atomic mass is 16.5. The Morgan fingerprint density at radius 2 is 1.95 bits per heavy atom. The Kier molecular flexibility index (Phi) is 4.82. The predicted octanol–water partition coefficient (Wildman–Crippen LogP) is 3.77. The standard InChI is InChI=1S/C19H33NO2/c1-19(2,3)18-15(5-4-8-22-18)12-20-17(21)11-16-10-13-6-7-14(16)9-13/h13-16,18H,4-12H2,1-3H3,(H,20,21)/t13-,14-,15+,16+,18+/m0/s1. The lowest BCUT2D eigenvalue weighted by Gasteiger charge is -2.40. The summed E-state index contributed by atoms with van der Waals surface area (Å²) >= 11 is 0. The molecule has 0 unspecified atom stereocenters. The maximum absolute atomic E-state index is 12.3. The number of ether oxygens (including phenoxy) is 1. The van der Waals surface area contributed by atoms with Crippen LogP contribution in [0.25, 0.3) is 0 Å². The minimum absolute atomic E-state index is 0.153. The van der Waals surface area contributed by atoms with Crippen LogP contribution in [0.15, 0.2) is 0 Å². The van der Waals surface area contributed by atoms with Gasteiger partial charge < -0.3 is 10.1 Å². The third-order valence-corrected chi connectivity index (χ3v) is 6.19. The minimum Gasteiger partial charge on any atom is -0.377 e. The molecule has 1 saturated heterocycles. The lowest BCUT2D eigenvalue weighted by molar-refractivity contribution is -0.124. The van der Waals surface area contributed by atoms with E-state index in [1.165, 1.54) is 32.1 Å². The highest BCUT2D eigenvalue weighted by molar-refractivity contribution is 5.76. The number of rotatable bonds is 4. The van der Waals surface area contributed by atoms with Gasteiger partial charge >= 0.3 is 0 Å². The summed E-state index contributed by atoms with van der Waals surface area (Å²) in [5.41, 5.74) is 0.153. The van der Waals surface area contributed by atoms with Crippen LogP contribution >= 0.6 is 0 Å². The molecule has 2 saturated carbocycles. The molecule has 5 atom stereocenters. The van der Waals surface area contributed by atoms with E-state index in [1.807, 2.05) is 0 Å². The molecule has 0 aromatic rings. The van der Waals surface area contributed by atoms with Crippen LogP contribution in [-0.2, 0) is 9.53 Å². The summed E-state index contributed by atoms with van der Waals surface area (Å²) in [7, 11) is 0. The number of amides is 1. The van der Waals surface area contributed by atoms with Crippen LogP contribution in [-0.4, -0.2) is 25.2 Å². The Morgan fingerprint density at radius 3 is 2.59 bits per heavy atom. The van der Waals surface area contributed by atoms with Crippen molar-refractivity contribution < 1.29 is 9.53 Å². The van der Waals surface area contributed by atoms with Gasteiger partial charge in [0.2, 0.25) is 5.91 Å². The molecule has 3 rings (SSSR count). The van der Waals surface area contributed by atoms with Gasteiger partial charge in [-0.3, -0.25) is 4.79 Å². The number of carbonyl (C=O) groups is 1. The lowest BCUT2D eigenvalue weighted by atomic mass is 9.78. The van der Waals surface area contributed by atoms with Crippen molar-refractivity contribution in [1.29, 1.82) is 0 Å². The summed E-state index contributed by atoms with van der Waals surface area (Å²) in [5, 5.41) is 3.22. The highest BCUT2D eigenvalue weighted by Gasteiger charge is 2.40. The molecule has 1 amide bonds. The fourth-order valence-electron chi connectivity index (χ4n) is 5.19. The van der Waals surface area contributed by atoms with E-state index in [9.17, 15) is 4.79 Å². The van der Waals surface area contributed by atoms with Gasteiger partial charge in [-0.25, -0.2) is 0 Å². The number of hydrogen-bond acceptors (Lipinski definition) is 2. The van der Waals surface area contributed by atoms with Gasteiger partial charge in [0.25, 0.3) is 0 Å². The van der Waals surface area contributed by atoms with Crippen LogP contribution in [0.2, 0.25) is 0 Å². The van der Waals surface area contributed by atoms with Crippen molar-refractivity contribution in [3.05, 3.63) is 0 Å². The largest absolute Gasteiger partial charge is 0.377 e. The van der Waals surface area contributed by atoms with Crippen molar-refractivity contribution in [2.75, 3.05) is 13.2 Å². The van der Waals surface area contributed by atoms with E-state index in [4.69, 9.17) is 4.74 Å². The molecule has 3 fully saturated rings. The Labute approximate surface area is 135 Å². The van der Waals surface area contributed by atoms with E-state index in [2.05, 4.69) is 26.1 Å². The number of hydrogen-bond donors (Lipinski definition) is 1. The SMILES string of the molecule is CC(C)(C)[C@@H]1OCCC[C@@H]1CNC(=O)C[C@H]1C[C@H]2CC[C@H]1C2. The molecule has 0 aromatic carbocycles. The quantitative estimate of drug-likeness (QED) is 0.858. The van der Waals surface area contributed by atoms with E-state index >= 15 is 0 Å². The third-order valence-electron chi connectivity index (χ3n) is 6.19. The molecule has 22 heavy (non-hydrogen) atoms. The van der Waals surface area contributed by atoms with Crippen molar-refractivity contribution in [2.45, 2.75) is 71.8 Å². The van der Waals surface area contributed by atoms with Gasteiger partial charge in [0.05, 0.1) is 6.10 Å². The summed E-state index contributed by atoms with van der Waals surface area (Å²) in [6.07, 6.45) is 8.80. The van der Waals surface area contributed by atoms with Gasteiger partial charge in [-0.05, 0) is 55.3 Å². The first-order chi connectivity index (χ1) is 10.4. The predicted molar refractivity (Wildman–Crippen MR) is 88.5 cm³/mol. The maximum Gasteiger partial charge on any atom is 0.220 e. The molecular weight excluding hydrogens is 274 g/mol. The topological polar surface area (TPSA) is 38.3 Å². The first-order valence-electron chi connectivity index (χ1n) is 9.32. The zero-order chi connectivity index (χ0) is 15.7. The molecule has 1 aliphatic heterocycles. The molecule has 2 bridgehead atoms. The van der Waals surface area contributed by atoms with Crippen LogP contribution in [0.5, 0.6) is 0 Å². The van der Waals surface area contributed by atoms with Crippen LogP contribution < -0.4 is 5.32 Å². The molecule has 1 heterocycles. The fourth-order valence-corrected chi connectivity index (χ4v) is 5.19. The number of nitrogens with one attached hydrogen (secondary N) is 1. The van der Waals surface area contributed by atoms with E-state index in [0.29, 0.717) is 11.8 Å². The van der Waals surface area contributed by atoms with Gasteiger partial charge in [0.1, 0.15) is 0 Å². The van der Waals surface area contributed by atoms with Crippen molar-refractivity contribution in [3.63, 3.8) is 0 Å². The smallest absolute Gasteiger partial charge is 0.220 e. The summed E-state index contributed by atoms with van der Waals surface area (Å²) in [5.74, 6) is 3.18.